The summed E-state index contributed by atoms with van der Waals surface area (Å²) in [6, 6.07) is 0.0276. The molecule has 74 valence electrons. The van der Waals surface area contributed by atoms with Crippen LogP contribution in [-0.4, -0.2) is 48.1 Å². The average molecular weight is 186 g/mol. The number of carbonyl (C=O) groups is 2. The number of carboxylic acids is 1. The van der Waals surface area contributed by atoms with Gasteiger partial charge in [0.25, 0.3) is 0 Å². The molecule has 2 N–H and O–H groups in total. The van der Waals surface area contributed by atoms with Crippen molar-refractivity contribution >= 4 is 11.9 Å². The van der Waals surface area contributed by atoms with Gasteiger partial charge in [-0.05, 0) is 33.0 Å². The fourth-order valence-corrected chi connectivity index (χ4v) is 1.40. The number of piperidine rings is 1. The maximum Gasteiger partial charge on any atom is 0.394 e. The standard InChI is InChI=1S/C8H14N2O3/c1-10-4-2-6(3-5-10)9-7(11)8(12)13/h6H,2-5H2,1H3,(H,9,11)(H,12,13). The molecule has 13 heavy (non-hydrogen) atoms. The van der Waals surface area contributed by atoms with Gasteiger partial charge in [-0.1, -0.05) is 0 Å². The molecule has 1 aliphatic rings. The van der Waals surface area contributed by atoms with E-state index in [1.54, 1.807) is 0 Å². The summed E-state index contributed by atoms with van der Waals surface area (Å²) in [5, 5.41) is 10.8. The highest BCUT2D eigenvalue weighted by molar-refractivity contribution is 6.31. The van der Waals surface area contributed by atoms with Crippen LogP contribution in [0, 0.1) is 0 Å². The smallest absolute Gasteiger partial charge is 0.394 e. The van der Waals surface area contributed by atoms with Crippen molar-refractivity contribution in [3.8, 4) is 0 Å². The second kappa shape index (κ2) is 4.23. The summed E-state index contributed by atoms with van der Waals surface area (Å²) >= 11 is 0. The Balaban J connectivity index is 2.30. The van der Waals surface area contributed by atoms with E-state index in [2.05, 4.69) is 10.2 Å². The molecule has 0 atom stereocenters. The maximum absolute atomic E-state index is 10.8. The molecule has 0 aromatic carbocycles. The zero-order valence-electron chi connectivity index (χ0n) is 7.62. The minimum atomic E-state index is -1.40. The summed E-state index contributed by atoms with van der Waals surface area (Å²) in [6.45, 7) is 1.81. The van der Waals surface area contributed by atoms with Crippen LogP contribution in [0.5, 0.6) is 0 Å². The molecule has 0 aromatic heterocycles. The van der Waals surface area contributed by atoms with Crippen LogP contribution in [0.3, 0.4) is 0 Å². The van der Waals surface area contributed by atoms with Gasteiger partial charge < -0.3 is 15.3 Å². The number of nitrogens with zero attached hydrogens (tertiary/aromatic N) is 1. The molecule has 0 aromatic rings. The van der Waals surface area contributed by atoms with Crippen molar-refractivity contribution in [1.82, 2.24) is 10.2 Å². The van der Waals surface area contributed by atoms with Gasteiger partial charge in [0.05, 0.1) is 0 Å². The van der Waals surface area contributed by atoms with Gasteiger partial charge in [0, 0.05) is 6.04 Å². The quantitative estimate of drug-likeness (QED) is 0.530. The van der Waals surface area contributed by atoms with Gasteiger partial charge in [-0.25, -0.2) is 4.79 Å². The lowest BCUT2D eigenvalue weighted by molar-refractivity contribution is -0.150. The van der Waals surface area contributed by atoms with E-state index in [1.165, 1.54) is 0 Å². The minimum absolute atomic E-state index is 0.0276. The summed E-state index contributed by atoms with van der Waals surface area (Å²) in [5.41, 5.74) is 0. The van der Waals surface area contributed by atoms with Crippen molar-refractivity contribution in [3.63, 3.8) is 0 Å². The summed E-state index contributed by atoms with van der Waals surface area (Å²) in [6.07, 6.45) is 1.66. The topological polar surface area (TPSA) is 69.6 Å². The highest BCUT2D eigenvalue weighted by atomic mass is 16.4. The molecule has 1 heterocycles. The number of nitrogens with one attached hydrogen (secondary N) is 1. The Hall–Kier alpha value is -1.10. The molecule has 5 heteroatoms. The monoisotopic (exact) mass is 186 g/mol. The Bertz CT molecular complexity index is 209. The Labute approximate surface area is 76.7 Å². The number of rotatable bonds is 1. The molecule has 1 rings (SSSR count). The third-order valence-corrected chi connectivity index (χ3v) is 2.25. The number of hydrogen-bond donors (Lipinski definition) is 2. The maximum atomic E-state index is 10.8. The summed E-state index contributed by atoms with van der Waals surface area (Å²) in [4.78, 5) is 23.1. The van der Waals surface area contributed by atoms with Crippen molar-refractivity contribution in [2.45, 2.75) is 18.9 Å². The molecule has 0 aliphatic carbocycles. The zero-order chi connectivity index (χ0) is 9.84. The third kappa shape index (κ3) is 3.02. The van der Waals surface area contributed by atoms with Crippen LogP contribution in [0.4, 0.5) is 0 Å². The van der Waals surface area contributed by atoms with E-state index in [0.29, 0.717) is 0 Å². The van der Waals surface area contributed by atoms with Crippen LogP contribution < -0.4 is 5.32 Å². The van der Waals surface area contributed by atoms with Crippen LogP contribution in [0.1, 0.15) is 12.8 Å². The molecular weight excluding hydrogens is 172 g/mol. The lowest BCUT2D eigenvalue weighted by Gasteiger charge is -2.28. The molecule has 1 saturated heterocycles. The largest absolute Gasteiger partial charge is 0.474 e. The fraction of sp³-hybridized carbons (Fsp3) is 0.750. The predicted molar refractivity (Wildman–Crippen MR) is 46.3 cm³/mol. The van der Waals surface area contributed by atoms with E-state index in [-0.39, 0.29) is 6.04 Å². The van der Waals surface area contributed by atoms with Crippen molar-refractivity contribution in [2.75, 3.05) is 20.1 Å². The SMILES string of the molecule is CN1CCC(NC(=O)C(=O)O)CC1. The minimum Gasteiger partial charge on any atom is -0.474 e. The van der Waals surface area contributed by atoms with Gasteiger partial charge in [0.2, 0.25) is 0 Å². The van der Waals surface area contributed by atoms with E-state index in [1.807, 2.05) is 7.05 Å². The lowest BCUT2D eigenvalue weighted by Crippen LogP contribution is -2.45. The molecule has 0 saturated carbocycles. The highest BCUT2D eigenvalue weighted by Crippen LogP contribution is 2.07. The van der Waals surface area contributed by atoms with Crippen molar-refractivity contribution in [1.29, 1.82) is 0 Å². The number of likely N-dealkylation sites (tertiary alicyclic amines) is 1. The van der Waals surface area contributed by atoms with Crippen molar-refractivity contribution < 1.29 is 14.7 Å². The lowest BCUT2D eigenvalue weighted by atomic mass is 10.1. The molecule has 0 radical (unpaired) electrons. The van der Waals surface area contributed by atoms with E-state index in [4.69, 9.17) is 5.11 Å². The van der Waals surface area contributed by atoms with E-state index in [0.717, 1.165) is 25.9 Å². The first-order chi connectivity index (χ1) is 6.09. The highest BCUT2D eigenvalue weighted by Gasteiger charge is 2.20. The van der Waals surface area contributed by atoms with Crippen molar-refractivity contribution in [2.24, 2.45) is 0 Å². The molecule has 1 aliphatic heterocycles. The summed E-state index contributed by atoms with van der Waals surface area (Å²) in [5.74, 6) is -2.30. The molecule has 0 spiro atoms. The van der Waals surface area contributed by atoms with E-state index >= 15 is 0 Å². The Morgan fingerprint density at radius 2 is 1.92 bits per heavy atom. The number of carbonyl (C=O) groups excluding carboxylic acids is 1. The molecule has 0 unspecified atom stereocenters. The second-order valence-electron chi connectivity index (χ2n) is 3.36. The van der Waals surface area contributed by atoms with Gasteiger partial charge in [-0.3, -0.25) is 4.79 Å². The Morgan fingerprint density at radius 3 is 2.38 bits per heavy atom. The second-order valence-corrected chi connectivity index (χ2v) is 3.36. The van der Waals surface area contributed by atoms with Crippen LogP contribution in [0.25, 0.3) is 0 Å². The zero-order valence-corrected chi connectivity index (χ0v) is 7.62. The van der Waals surface area contributed by atoms with Gasteiger partial charge in [-0.15, -0.1) is 0 Å². The van der Waals surface area contributed by atoms with Crippen molar-refractivity contribution in [3.05, 3.63) is 0 Å². The average Bonchev–Trinajstić information content (AvgIpc) is 2.08. The fourth-order valence-electron chi connectivity index (χ4n) is 1.40. The van der Waals surface area contributed by atoms with E-state index < -0.39 is 11.9 Å². The van der Waals surface area contributed by atoms with Crippen LogP contribution >= 0.6 is 0 Å². The van der Waals surface area contributed by atoms with Crippen LogP contribution in [-0.2, 0) is 9.59 Å². The third-order valence-electron chi connectivity index (χ3n) is 2.25. The normalized spacial score (nSPS) is 19.8. The Kier molecular flexibility index (Phi) is 3.25. The first-order valence-corrected chi connectivity index (χ1v) is 4.32. The van der Waals surface area contributed by atoms with Gasteiger partial charge in [0.15, 0.2) is 0 Å². The number of hydrogen-bond acceptors (Lipinski definition) is 3. The van der Waals surface area contributed by atoms with Gasteiger partial charge in [-0.2, -0.15) is 0 Å². The molecule has 1 fully saturated rings. The van der Waals surface area contributed by atoms with Crippen LogP contribution in [0.15, 0.2) is 0 Å². The summed E-state index contributed by atoms with van der Waals surface area (Å²) < 4.78 is 0. The molecule has 5 nitrogen and oxygen atoms in total. The first kappa shape index (κ1) is 9.98. The Morgan fingerprint density at radius 1 is 1.38 bits per heavy atom. The van der Waals surface area contributed by atoms with E-state index in [9.17, 15) is 9.59 Å². The number of amides is 1. The van der Waals surface area contributed by atoms with Gasteiger partial charge in [0.1, 0.15) is 0 Å². The van der Waals surface area contributed by atoms with Crippen LogP contribution in [0.2, 0.25) is 0 Å². The predicted octanol–water partition coefficient (Wildman–Crippen LogP) is -0.719. The number of aliphatic carboxylic acids is 1. The molecule has 0 bridgehead atoms. The number of carboxylic acid groups (broad SMARTS) is 1. The molecule has 1 amide bonds. The molecular formula is C8H14N2O3. The first-order valence-electron chi connectivity index (χ1n) is 4.32. The van der Waals surface area contributed by atoms with Gasteiger partial charge >= 0.3 is 11.9 Å². The summed E-state index contributed by atoms with van der Waals surface area (Å²) in [7, 11) is 2.01.